The molecule has 2 heterocycles. The van der Waals surface area contributed by atoms with Gasteiger partial charge in [-0.1, -0.05) is 29.3 Å². The van der Waals surface area contributed by atoms with Crippen LogP contribution in [0.5, 0.6) is 0 Å². The molecular weight excluding hydrogens is 455 g/mol. The molecule has 2 amide bonds. The van der Waals surface area contributed by atoms with E-state index in [2.05, 4.69) is 0 Å². The molecule has 2 aliphatic heterocycles. The first-order chi connectivity index (χ1) is 15.3. The van der Waals surface area contributed by atoms with E-state index in [-0.39, 0.29) is 17.5 Å². The fourth-order valence-electron chi connectivity index (χ4n) is 4.28. The standard InChI is InChI=1S/C22H22Cl2N4O4/c23-15-6-7-19(24)18(13-15)21(29)27-8-2-5-20(27)22(30)26-11-9-25(10-12-26)16-3-1-4-17(14-16)28(31)32/h1,3-4,6-7,13-14,20H,2,5,8-12H2. The van der Waals surface area contributed by atoms with Crippen molar-refractivity contribution < 1.29 is 14.5 Å². The van der Waals surface area contributed by atoms with Gasteiger partial charge in [-0.15, -0.1) is 0 Å². The van der Waals surface area contributed by atoms with Crippen molar-refractivity contribution in [2.45, 2.75) is 18.9 Å². The van der Waals surface area contributed by atoms with E-state index >= 15 is 0 Å². The van der Waals surface area contributed by atoms with Gasteiger partial charge in [0.1, 0.15) is 6.04 Å². The SMILES string of the molecule is O=C(C1CCCN1C(=O)c1cc(Cl)ccc1Cl)N1CCN(c2cccc([N+](=O)[O-])c2)CC1. The molecule has 168 valence electrons. The highest BCUT2D eigenvalue weighted by atomic mass is 35.5. The zero-order valence-corrected chi connectivity index (χ0v) is 18.8. The highest BCUT2D eigenvalue weighted by Crippen LogP contribution is 2.28. The molecule has 1 atom stereocenters. The number of anilines is 1. The van der Waals surface area contributed by atoms with Crippen molar-refractivity contribution in [2.24, 2.45) is 0 Å². The molecule has 2 aromatic rings. The molecule has 0 aromatic heterocycles. The Morgan fingerprint density at radius 2 is 1.75 bits per heavy atom. The highest BCUT2D eigenvalue weighted by Gasteiger charge is 2.38. The molecule has 2 saturated heterocycles. The van der Waals surface area contributed by atoms with Crippen LogP contribution in [-0.2, 0) is 4.79 Å². The summed E-state index contributed by atoms with van der Waals surface area (Å²) in [5, 5.41) is 11.8. The molecule has 0 bridgehead atoms. The van der Waals surface area contributed by atoms with Crippen LogP contribution in [0.25, 0.3) is 0 Å². The van der Waals surface area contributed by atoms with Gasteiger partial charge >= 0.3 is 0 Å². The van der Waals surface area contributed by atoms with Gasteiger partial charge in [-0.2, -0.15) is 0 Å². The van der Waals surface area contributed by atoms with Gasteiger partial charge in [0.15, 0.2) is 0 Å². The molecular formula is C22H22Cl2N4O4. The maximum absolute atomic E-state index is 13.3. The minimum atomic E-state index is -0.526. The lowest BCUT2D eigenvalue weighted by molar-refractivity contribution is -0.384. The number of carbonyl (C=O) groups is 2. The molecule has 2 fully saturated rings. The Bertz CT molecular complexity index is 1060. The summed E-state index contributed by atoms with van der Waals surface area (Å²) < 4.78 is 0. The van der Waals surface area contributed by atoms with Crippen molar-refractivity contribution in [1.29, 1.82) is 0 Å². The molecule has 1 unspecified atom stereocenters. The van der Waals surface area contributed by atoms with Gasteiger partial charge in [-0.3, -0.25) is 19.7 Å². The van der Waals surface area contributed by atoms with Crippen LogP contribution in [0.1, 0.15) is 23.2 Å². The maximum atomic E-state index is 13.3. The van der Waals surface area contributed by atoms with Gasteiger partial charge in [0.2, 0.25) is 5.91 Å². The molecule has 10 heteroatoms. The summed E-state index contributed by atoms with van der Waals surface area (Å²) in [5.74, 6) is -0.365. The molecule has 2 aliphatic rings. The number of carbonyl (C=O) groups excluding carboxylic acids is 2. The van der Waals surface area contributed by atoms with Crippen molar-refractivity contribution in [1.82, 2.24) is 9.80 Å². The Labute approximate surface area is 195 Å². The molecule has 2 aromatic carbocycles. The first-order valence-electron chi connectivity index (χ1n) is 10.4. The number of rotatable bonds is 4. The van der Waals surface area contributed by atoms with Crippen molar-refractivity contribution in [3.05, 3.63) is 68.2 Å². The van der Waals surface area contributed by atoms with Crippen LogP contribution >= 0.6 is 23.2 Å². The quantitative estimate of drug-likeness (QED) is 0.493. The number of benzene rings is 2. The second kappa shape index (κ2) is 9.34. The molecule has 8 nitrogen and oxygen atoms in total. The highest BCUT2D eigenvalue weighted by molar-refractivity contribution is 6.35. The van der Waals surface area contributed by atoms with Gasteiger partial charge in [0.25, 0.3) is 11.6 Å². The average molecular weight is 477 g/mol. The zero-order valence-electron chi connectivity index (χ0n) is 17.2. The Kier molecular flexibility index (Phi) is 6.53. The molecule has 0 N–H and O–H groups in total. The predicted octanol–water partition coefficient (Wildman–Crippen LogP) is 3.86. The van der Waals surface area contributed by atoms with E-state index in [1.54, 1.807) is 34.1 Å². The Hall–Kier alpha value is -2.84. The van der Waals surface area contributed by atoms with Gasteiger partial charge in [0.05, 0.1) is 15.5 Å². The minimum Gasteiger partial charge on any atom is -0.368 e. The summed E-state index contributed by atoms with van der Waals surface area (Å²) in [6, 6.07) is 10.7. The van der Waals surface area contributed by atoms with Crippen molar-refractivity contribution in [2.75, 3.05) is 37.6 Å². The van der Waals surface area contributed by atoms with Crippen LogP contribution in [0.4, 0.5) is 11.4 Å². The largest absolute Gasteiger partial charge is 0.368 e. The smallest absolute Gasteiger partial charge is 0.271 e. The molecule has 0 radical (unpaired) electrons. The third-order valence-electron chi connectivity index (χ3n) is 5.95. The number of non-ortho nitro benzene ring substituents is 1. The number of hydrogen-bond acceptors (Lipinski definition) is 5. The van der Waals surface area contributed by atoms with Crippen LogP contribution in [0, 0.1) is 10.1 Å². The van der Waals surface area contributed by atoms with Crippen molar-refractivity contribution >= 4 is 46.4 Å². The lowest BCUT2D eigenvalue weighted by Crippen LogP contribution is -2.54. The Morgan fingerprint density at radius 1 is 1.00 bits per heavy atom. The predicted molar refractivity (Wildman–Crippen MR) is 122 cm³/mol. The van der Waals surface area contributed by atoms with Crippen molar-refractivity contribution in [3.63, 3.8) is 0 Å². The first kappa shape index (κ1) is 22.4. The molecule has 0 spiro atoms. The summed E-state index contributed by atoms with van der Waals surface area (Å²) >= 11 is 12.2. The summed E-state index contributed by atoms with van der Waals surface area (Å²) in [7, 11) is 0. The molecule has 32 heavy (non-hydrogen) atoms. The monoisotopic (exact) mass is 476 g/mol. The van der Waals surface area contributed by atoms with Crippen LogP contribution in [0.2, 0.25) is 10.0 Å². The normalized spacial score (nSPS) is 18.7. The number of likely N-dealkylation sites (tertiary alicyclic amines) is 1. The summed E-state index contributed by atoms with van der Waals surface area (Å²) in [6.45, 7) is 2.59. The van der Waals surface area contributed by atoms with Crippen LogP contribution in [0.15, 0.2) is 42.5 Å². The average Bonchev–Trinajstić information content (AvgIpc) is 3.30. The van der Waals surface area contributed by atoms with Crippen LogP contribution in [-0.4, -0.2) is 65.3 Å². The molecule has 0 aliphatic carbocycles. The number of halogens is 2. The van der Waals surface area contributed by atoms with Gasteiger partial charge in [-0.25, -0.2) is 0 Å². The van der Waals surface area contributed by atoms with Crippen molar-refractivity contribution in [3.8, 4) is 0 Å². The Balaban J connectivity index is 1.42. The zero-order chi connectivity index (χ0) is 22.8. The van der Waals surface area contributed by atoms with E-state index in [9.17, 15) is 19.7 Å². The van der Waals surface area contributed by atoms with Crippen LogP contribution in [0.3, 0.4) is 0 Å². The summed E-state index contributed by atoms with van der Waals surface area (Å²) in [6.07, 6.45) is 1.35. The van der Waals surface area contributed by atoms with E-state index in [1.807, 2.05) is 11.0 Å². The topological polar surface area (TPSA) is 87.0 Å². The number of nitro groups is 1. The molecule has 4 rings (SSSR count). The van der Waals surface area contributed by atoms with E-state index in [0.29, 0.717) is 54.8 Å². The maximum Gasteiger partial charge on any atom is 0.271 e. The van der Waals surface area contributed by atoms with E-state index in [1.165, 1.54) is 12.1 Å². The second-order valence-corrected chi connectivity index (χ2v) is 8.71. The summed E-state index contributed by atoms with van der Waals surface area (Å²) in [5.41, 5.74) is 1.11. The van der Waals surface area contributed by atoms with E-state index in [4.69, 9.17) is 23.2 Å². The number of piperazine rings is 1. The fourth-order valence-corrected chi connectivity index (χ4v) is 4.65. The first-order valence-corrected chi connectivity index (χ1v) is 11.1. The van der Waals surface area contributed by atoms with Gasteiger partial charge in [-0.05, 0) is 37.1 Å². The van der Waals surface area contributed by atoms with Gasteiger partial charge in [0, 0.05) is 55.6 Å². The number of amides is 2. The van der Waals surface area contributed by atoms with E-state index in [0.717, 1.165) is 12.1 Å². The summed E-state index contributed by atoms with van der Waals surface area (Å²) in [4.78, 5) is 42.3. The number of hydrogen-bond donors (Lipinski definition) is 0. The third kappa shape index (κ3) is 4.52. The van der Waals surface area contributed by atoms with Gasteiger partial charge < -0.3 is 14.7 Å². The lowest BCUT2D eigenvalue weighted by Gasteiger charge is -2.38. The third-order valence-corrected chi connectivity index (χ3v) is 6.52. The molecule has 0 saturated carbocycles. The fraction of sp³-hybridized carbons (Fsp3) is 0.364. The second-order valence-electron chi connectivity index (χ2n) is 7.87. The number of nitrogens with zero attached hydrogens (tertiary/aromatic N) is 4. The Morgan fingerprint density at radius 3 is 2.47 bits per heavy atom. The van der Waals surface area contributed by atoms with E-state index < -0.39 is 11.0 Å². The minimum absolute atomic E-state index is 0.0424. The lowest BCUT2D eigenvalue weighted by atomic mass is 10.1. The van der Waals surface area contributed by atoms with Crippen LogP contribution < -0.4 is 4.90 Å². The number of nitro benzene ring substituents is 1.